The zero-order valence-corrected chi connectivity index (χ0v) is 16.9. The van der Waals surface area contributed by atoms with Crippen molar-refractivity contribution in [2.24, 2.45) is 0 Å². The monoisotopic (exact) mass is 398 g/mol. The topological polar surface area (TPSA) is 99.7 Å². The van der Waals surface area contributed by atoms with Crippen molar-refractivity contribution in [3.05, 3.63) is 36.2 Å². The van der Waals surface area contributed by atoms with E-state index in [0.29, 0.717) is 44.4 Å². The fourth-order valence-electron chi connectivity index (χ4n) is 3.10. The standard InChI is InChI=1S/C20H26N6O3/c1-4-29-20(28)26-11-9-25(10-12-26)19-13-18(21-14(2)22-19)24-17-7-5-16(6-8-17)23-15(3)27/h5-8,13H,4,9-12H2,1-3H3,(H,23,27)(H,21,22,24). The Morgan fingerprint density at radius 2 is 1.72 bits per heavy atom. The fraction of sp³-hybridized carbons (Fsp3) is 0.400. The van der Waals surface area contributed by atoms with Crippen molar-refractivity contribution >= 4 is 35.0 Å². The Kier molecular flexibility index (Phi) is 6.48. The lowest BCUT2D eigenvalue weighted by Crippen LogP contribution is -2.49. The van der Waals surface area contributed by atoms with E-state index >= 15 is 0 Å². The predicted octanol–water partition coefficient (Wildman–Crippen LogP) is 2.77. The summed E-state index contributed by atoms with van der Waals surface area (Å²) in [5, 5.41) is 6.01. The van der Waals surface area contributed by atoms with E-state index < -0.39 is 0 Å². The number of carbonyl (C=O) groups is 2. The van der Waals surface area contributed by atoms with Crippen LogP contribution in [-0.2, 0) is 9.53 Å². The van der Waals surface area contributed by atoms with Gasteiger partial charge in [-0.15, -0.1) is 0 Å². The highest BCUT2D eigenvalue weighted by atomic mass is 16.6. The zero-order chi connectivity index (χ0) is 20.8. The van der Waals surface area contributed by atoms with Crippen LogP contribution < -0.4 is 15.5 Å². The normalized spacial score (nSPS) is 13.8. The first kappa shape index (κ1) is 20.4. The average Bonchev–Trinajstić information content (AvgIpc) is 2.69. The second-order valence-electron chi connectivity index (χ2n) is 6.72. The van der Waals surface area contributed by atoms with Gasteiger partial charge in [0.05, 0.1) is 6.61 Å². The number of nitrogens with one attached hydrogen (secondary N) is 2. The Bertz CT molecular complexity index is 863. The summed E-state index contributed by atoms with van der Waals surface area (Å²) in [6, 6.07) is 9.30. The van der Waals surface area contributed by atoms with E-state index in [1.165, 1.54) is 6.92 Å². The molecular formula is C20H26N6O3. The Balaban J connectivity index is 1.66. The minimum atomic E-state index is -0.268. The molecule has 2 aromatic rings. The van der Waals surface area contributed by atoms with Crippen LogP contribution in [-0.4, -0.2) is 59.7 Å². The number of hydrogen-bond acceptors (Lipinski definition) is 7. The van der Waals surface area contributed by atoms with E-state index in [4.69, 9.17) is 4.74 Å². The van der Waals surface area contributed by atoms with Crippen molar-refractivity contribution in [3.63, 3.8) is 0 Å². The summed E-state index contributed by atoms with van der Waals surface area (Å²) in [5.41, 5.74) is 1.59. The second-order valence-corrected chi connectivity index (χ2v) is 6.72. The molecule has 0 unspecified atom stereocenters. The number of aromatic nitrogens is 2. The van der Waals surface area contributed by atoms with Crippen LogP contribution in [0.5, 0.6) is 0 Å². The van der Waals surface area contributed by atoms with Crippen LogP contribution in [0.25, 0.3) is 0 Å². The number of anilines is 4. The predicted molar refractivity (Wildman–Crippen MR) is 112 cm³/mol. The molecule has 2 N–H and O–H groups in total. The van der Waals surface area contributed by atoms with Crippen molar-refractivity contribution in [2.45, 2.75) is 20.8 Å². The van der Waals surface area contributed by atoms with E-state index in [1.807, 2.05) is 37.3 Å². The number of hydrogen-bond donors (Lipinski definition) is 2. The Morgan fingerprint density at radius 3 is 2.34 bits per heavy atom. The van der Waals surface area contributed by atoms with Crippen molar-refractivity contribution in [1.29, 1.82) is 0 Å². The molecule has 9 nitrogen and oxygen atoms in total. The van der Waals surface area contributed by atoms with Crippen LogP contribution >= 0.6 is 0 Å². The average molecular weight is 398 g/mol. The van der Waals surface area contributed by atoms with Gasteiger partial charge in [0.15, 0.2) is 0 Å². The summed E-state index contributed by atoms with van der Waals surface area (Å²) in [6.07, 6.45) is -0.268. The molecule has 154 valence electrons. The van der Waals surface area contributed by atoms with Crippen molar-refractivity contribution in [2.75, 3.05) is 48.3 Å². The quantitative estimate of drug-likeness (QED) is 0.799. The molecule has 1 aliphatic rings. The van der Waals surface area contributed by atoms with Crippen LogP contribution in [0.1, 0.15) is 19.7 Å². The van der Waals surface area contributed by atoms with E-state index in [9.17, 15) is 9.59 Å². The maximum atomic E-state index is 11.9. The molecular weight excluding hydrogens is 372 g/mol. The molecule has 0 saturated carbocycles. The van der Waals surface area contributed by atoms with Crippen molar-refractivity contribution in [3.8, 4) is 0 Å². The summed E-state index contributed by atoms with van der Waals surface area (Å²) in [4.78, 5) is 35.8. The summed E-state index contributed by atoms with van der Waals surface area (Å²) >= 11 is 0. The largest absolute Gasteiger partial charge is 0.450 e. The summed E-state index contributed by atoms with van der Waals surface area (Å²) in [6.45, 7) is 8.06. The van der Waals surface area contributed by atoms with Gasteiger partial charge in [0.2, 0.25) is 5.91 Å². The molecule has 0 atom stereocenters. The number of rotatable bonds is 5. The van der Waals surface area contributed by atoms with Crippen LogP contribution in [0.15, 0.2) is 30.3 Å². The van der Waals surface area contributed by atoms with E-state index in [1.54, 1.807) is 11.8 Å². The van der Waals surface area contributed by atoms with Gasteiger partial charge in [-0.25, -0.2) is 14.8 Å². The van der Waals surface area contributed by atoms with Crippen molar-refractivity contribution < 1.29 is 14.3 Å². The van der Waals surface area contributed by atoms with Crippen LogP contribution in [0.4, 0.5) is 27.8 Å². The lowest BCUT2D eigenvalue weighted by atomic mass is 10.2. The smallest absolute Gasteiger partial charge is 0.409 e. The Labute approximate surface area is 170 Å². The zero-order valence-electron chi connectivity index (χ0n) is 16.9. The minimum absolute atomic E-state index is 0.107. The molecule has 3 rings (SSSR count). The highest BCUT2D eigenvalue weighted by Crippen LogP contribution is 2.22. The first-order chi connectivity index (χ1) is 13.9. The number of ether oxygens (including phenoxy) is 1. The number of carbonyl (C=O) groups excluding carboxylic acids is 2. The van der Waals surface area contributed by atoms with E-state index in [0.717, 1.165) is 17.2 Å². The molecule has 1 aromatic heterocycles. The molecule has 1 fully saturated rings. The molecule has 1 aromatic carbocycles. The number of benzene rings is 1. The second kappa shape index (κ2) is 9.22. The maximum Gasteiger partial charge on any atom is 0.409 e. The molecule has 29 heavy (non-hydrogen) atoms. The highest BCUT2D eigenvalue weighted by Gasteiger charge is 2.23. The van der Waals surface area contributed by atoms with Gasteiger partial charge < -0.3 is 25.2 Å². The first-order valence-corrected chi connectivity index (χ1v) is 9.61. The Hall–Kier alpha value is -3.36. The third kappa shape index (κ3) is 5.56. The molecule has 0 spiro atoms. The lowest BCUT2D eigenvalue weighted by molar-refractivity contribution is -0.114. The summed E-state index contributed by atoms with van der Waals surface area (Å²) < 4.78 is 5.07. The molecule has 9 heteroatoms. The van der Waals surface area contributed by atoms with Gasteiger partial charge in [0.25, 0.3) is 0 Å². The van der Waals surface area contributed by atoms with Gasteiger partial charge in [0, 0.05) is 50.5 Å². The number of amides is 2. The first-order valence-electron chi connectivity index (χ1n) is 9.61. The third-order valence-electron chi connectivity index (χ3n) is 4.43. The molecule has 1 saturated heterocycles. The van der Waals surface area contributed by atoms with Gasteiger partial charge >= 0.3 is 6.09 Å². The van der Waals surface area contributed by atoms with Gasteiger partial charge in [-0.2, -0.15) is 0 Å². The van der Waals surface area contributed by atoms with Gasteiger partial charge in [-0.1, -0.05) is 0 Å². The summed E-state index contributed by atoms with van der Waals surface area (Å²) in [5.74, 6) is 2.06. The maximum absolute atomic E-state index is 11.9. The van der Waals surface area contributed by atoms with Crippen LogP contribution in [0, 0.1) is 6.92 Å². The molecule has 2 amide bonds. The van der Waals surface area contributed by atoms with E-state index in [2.05, 4.69) is 25.5 Å². The molecule has 2 heterocycles. The highest BCUT2D eigenvalue weighted by molar-refractivity contribution is 5.88. The third-order valence-corrected chi connectivity index (χ3v) is 4.43. The van der Waals surface area contributed by atoms with Gasteiger partial charge in [-0.3, -0.25) is 4.79 Å². The molecule has 0 aliphatic carbocycles. The minimum Gasteiger partial charge on any atom is -0.450 e. The molecule has 0 radical (unpaired) electrons. The Morgan fingerprint density at radius 1 is 1.07 bits per heavy atom. The summed E-state index contributed by atoms with van der Waals surface area (Å²) in [7, 11) is 0. The molecule has 1 aliphatic heterocycles. The van der Waals surface area contributed by atoms with Crippen LogP contribution in [0.2, 0.25) is 0 Å². The number of aryl methyl sites for hydroxylation is 1. The SMILES string of the molecule is CCOC(=O)N1CCN(c2cc(Nc3ccc(NC(C)=O)cc3)nc(C)n2)CC1. The van der Waals surface area contributed by atoms with Crippen LogP contribution in [0.3, 0.4) is 0 Å². The van der Waals surface area contributed by atoms with E-state index in [-0.39, 0.29) is 12.0 Å². The number of nitrogens with zero attached hydrogens (tertiary/aromatic N) is 4. The number of piperazine rings is 1. The van der Waals surface area contributed by atoms with Crippen molar-refractivity contribution in [1.82, 2.24) is 14.9 Å². The fourth-order valence-corrected chi connectivity index (χ4v) is 3.10. The molecule has 0 bridgehead atoms. The van der Waals surface area contributed by atoms with Gasteiger partial charge in [-0.05, 0) is 38.1 Å². The lowest BCUT2D eigenvalue weighted by Gasteiger charge is -2.34. The van der Waals surface area contributed by atoms with Gasteiger partial charge in [0.1, 0.15) is 17.5 Å².